The first-order valence-electron chi connectivity index (χ1n) is 4.48. The van der Waals surface area contributed by atoms with Crippen LogP contribution >= 0.6 is 43.2 Å². The van der Waals surface area contributed by atoms with Crippen LogP contribution in [-0.2, 0) is 19.6 Å². The Labute approximate surface area is 125 Å². The van der Waals surface area contributed by atoms with Gasteiger partial charge in [-0.1, -0.05) is 0 Å². The number of carboxylic acid groups (broad SMARTS) is 1. The molecular weight excluding hydrogens is 414 g/mol. The van der Waals surface area contributed by atoms with Crippen LogP contribution in [0.5, 0.6) is 0 Å². The second kappa shape index (κ2) is 6.44. The van der Waals surface area contributed by atoms with Crippen molar-refractivity contribution in [3.63, 3.8) is 0 Å². The fourth-order valence-electron chi connectivity index (χ4n) is 1.04. The minimum atomic E-state index is -3.77. The number of halogens is 2. The summed E-state index contributed by atoms with van der Waals surface area (Å²) in [4.78, 5) is 10.7. The lowest BCUT2D eigenvalue weighted by Gasteiger charge is -2.11. The summed E-state index contributed by atoms with van der Waals surface area (Å²) in [5.41, 5.74) is 0. The van der Waals surface area contributed by atoms with Crippen molar-refractivity contribution in [3.05, 3.63) is 13.6 Å². The van der Waals surface area contributed by atoms with Crippen LogP contribution in [-0.4, -0.2) is 39.3 Å². The number of methoxy groups -OCH3 is 1. The topological polar surface area (TPSA) is 92.7 Å². The fraction of sp³-hybridized carbons (Fsp3) is 0.375. The third kappa shape index (κ3) is 4.00. The fourth-order valence-corrected chi connectivity index (χ4v) is 5.88. The van der Waals surface area contributed by atoms with E-state index in [9.17, 15) is 13.2 Å². The molecule has 0 aliphatic heterocycles. The van der Waals surface area contributed by atoms with Crippen molar-refractivity contribution in [2.24, 2.45) is 0 Å². The number of nitrogens with one attached hydrogen (secondary N) is 1. The van der Waals surface area contributed by atoms with Crippen LogP contribution in [0.25, 0.3) is 0 Å². The van der Waals surface area contributed by atoms with Gasteiger partial charge < -0.3 is 9.84 Å². The molecule has 2 N–H and O–H groups in total. The number of carbonyl (C=O) groups is 1. The molecule has 1 unspecified atom stereocenters. The van der Waals surface area contributed by atoms with Crippen LogP contribution in [0.4, 0.5) is 0 Å². The first-order chi connectivity index (χ1) is 8.27. The summed E-state index contributed by atoms with van der Waals surface area (Å²) in [5.74, 6) is -1.23. The van der Waals surface area contributed by atoms with E-state index >= 15 is 0 Å². The van der Waals surface area contributed by atoms with Crippen LogP contribution in [0.1, 0.15) is 0 Å². The van der Waals surface area contributed by atoms with Crippen molar-refractivity contribution in [2.45, 2.75) is 11.0 Å². The van der Waals surface area contributed by atoms with Crippen LogP contribution in [0.3, 0.4) is 0 Å². The first-order valence-corrected chi connectivity index (χ1v) is 8.36. The normalized spacial score (nSPS) is 13.5. The van der Waals surface area contributed by atoms with Gasteiger partial charge >= 0.3 is 5.97 Å². The first kappa shape index (κ1) is 16.1. The molecule has 6 nitrogen and oxygen atoms in total. The summed E-state index contributed by atoms with van der Waals surface area (Å²) in [7, 11) is -2.57. The quantitative estimate of drug-likeness (QED) is 0.727. The Balaban J connectivity index is 2.83. The summed E-state index contributed by atoms with van der Waals surface area (Å²) < 4.78 is 31.7. The Morgan fingerprint density at radius 2 is 2.22 bits per heavy atom. The molecule has 0 fully saturated rings. The van der Waals surface area contributed by atoms with Gasteiger partial charge in [-0.25, -0.2) is 17.9 Å². The highest BCUT2D eigenvalue weighted by Gasteiger charge is 2.24. The van der Waals surface area contributed by atoms with Crippen LogP contribution in [0.15, 0.2) is 18.5 Å². The summed E-state index contributed by atoms with van der Waals surface area (Å²) in [6.45, 7) is -0.339. The number of hydrogen-bond donors (Lipinski definition) is 2. The molecule has 0 saturated carbocycles. The van der Waals surface area contributed by atoms with Crippen molar-refractivity contribution in [3.8, 4) is 0 Å². The Morgan fingerprint density at radius 1 is 1.61 bits per heavy atom. The molecule has 0 aliphatic carbocycles. The van der Waals surface area contributed by atoms with Gasteiger partial charge in [0, 0.05) is 13.7 Å². The lowest BCUT2D eigenvalue weighted by atomic mass is 10.4. The molecule has 10 heteroatoms. The van der Waals surface area contributed by atoms with E-state index in [1.807, 2.05) is 0 Å². The maximum Gasteiger partial charge on any atom is 0.334 e. The van der Waals surface area contributed by atoms with Gasteiger partial charge in [0.2, 0.25) is 10.0 Å². The number of thiophene rings is 1. The number of ether oxygens (including phenoxy) is 1. The highest BCUT2D eigenvalue weighted by atomic mass is 79.9. The van der Waals surface area contributed by atoms with Crippen molar-refractivity contribution in [1.82, 2.24) is 4.72 Å². The van der Waals surface area contributed by atoms with Gasteiger partial charge in [-0.3, -0.25) is 0 Å². The lowest BCUT2D eigenvalue weighted by Crippen LogP contribution is -2.37. The Kier molecular flexibility index (Phi) is 5.74. The standard InChI is InChI=1S/C8H9Br2NO5S2/c1-16-4(8(12)13)3-11-18(14,15)5-2-6(9)17-7(5)10/h2,4,11H,3H2,1H3,(H,12,13). The van der Waals surface area contributed by atoms with Gasteiger partial charge in [-0.15, -0.1) is 11.3 Å². The van der Waals surface area contributed by atoms with Gasteiger partial charge in [-0.2, -0.15) is 0 Å². The number of sulfonamides is 1. The highest BCUT2D eigenvalue weighted by Crippen LogP contribution is 2.34. The third-order valence-corrected chi connectivity index (χ3v) is 6.11. The SMILES string of the molecule is COC(CNS(=O)(=O)c1cc(Br)sc1Br)C(=O)O. The van der Waals surface area contributed by atoms with E-state index in [2.05, 4.69) is 41.3 Å². The largest absolute Gasteiger partial charge is 0.479 e. The Morgan fingerprint density at radius 3 is 2.61 bits per heavy atom. The summed E-state index contributed by atoms with van der Waals surface area (Å²) >= 11 is 7.51. The molecule has 1 rings (SSSR count). The van der Waals surface area contributed by atoms with Crippen molar-refractivity contribution in [2.75, 3.05) is 13.7 Å². The van der Waals surface area contributed by atoms with Gasteiger partial charge in [0.05, 0.1) is 7.57 Å². The molecule has 0 aliphatic rings. The average Bonchev–Trinajstić information content (AvgIpc) is 2.58. The lowest BCUT2D eigenvalue weighted by molar-refractivity contribution is -0.147. The number of rotatable bonds is 6. The van der Waals surface area contributed by atoms with E-state index in [0.717, 1.165) is 0 Å². The van der Waals surface area contributed by atoms with Gasteiger partial charge in [-0.05, 0) is 37.9 Å². The molecule has 1 aromatic heterocycles. The zero-order valence-corrected chi connectivity index (χ0v) is 13.8. The molecule has 1 aromatic rings. The second-order valence-corrected chi connectivity index (χ2v) is 8.59. The van der Waals surface area contributed by atoms with Gasteiger partial charge in [0.1, 0.15) is 4.90 Å². The molecular formula is C8H9Br2NO5S2. The summed E-state index contributed by atoms with van der Waals surface area (Å²) in [6.07, 6.45) is -1.22. The van der Waals surface area contributed by atoms with Crippen molar-refractivity contribution in [1.29, 1.82) is 0 Å². The maximum atomic E-state index is 11.9. The smallest absolute Gasteiger partial charge is 0.334 e. The predicted octanol–water partition coefficient (Wildman–Crippen LogP) is 1.65. The maximum absolute atomic E-state index is 11.9. The van der Waals surface area contributed by atoms with E-state index in [4.69, 9.17) is 5.11 Å². The second-order valence-electron chi connectivity index (χ2n) is 3.10. The molecule has 0 aromatic carbocycles. The molecule has 102 valence electrons. The minimum Gasteiger partial charge on any atom is -0.479 e. The molecule has 1 heterocycles. The zero-order chi connectivity index (χ0) is 13.9. The molecule has 18 heavy (non-hydrogen) atoms. The van der Waals surface area contributed by atoms with E-state index < -0.39 is 22.1 Å². The molecule has 0 saturated heterocycles. The van der Waals surface area contributed by atoms with E-state index in [1.165, 1.54) is 24.5 Å². The van der Waals surface area contributed by atoms with E-state index in [1.54, 1.807) is 0 Å². The van der Waals surface area contributed by atoms with Crippen molar-refractivity contribution >= 4 is 59.2 Å². The van der Waals surface area contributed by atoms with Crippen molar-refractivity contribution < 1.29 is 23.1 Å². The number of carboxylic acids is 1. The van der Waals surface area contributed by atoms with Gasteiger partial charge in [0.15, 0.2) is 6.10 Å². The summed E-state index contributed by atoms with van der Waals surface area (Å²) in [6, 6.07) is 1.43. The molecule has 0 radical (unpaired) electrons. The monoisotopic (exact) mass is 421 g/mol. The average molecular weight is 423 g/mol. The van der Waals surface area contributed by atoms with Crippen LogP contribution in [0, 0.1) is 0 Å². The number of aliphatic carboxylic acids is 1. The Bertz CT molecular complexity index is 542. The molecule has 0 bridgehead atoms. The molecule has 1 atom stereocenters. The molecule has 0 spiro atoms. The predicted molar refractivity (Wildman–Crippen MR) is 73.3 cm³/mol. The third-order valence-electron chi connectivity index (χ3n) is 1.93. The molecule has 0 amide bonds. The number of hydrogen-bond acceptors (Lipinski definition) is 5. The van der Waals surface area contributed by atoms with Gasteiger partial charge in [0.25, 0.3) is 0 Å². The van der Waals surface area contributed by atoms with E-state index in [0.29, 0.717) is 7.57 Å². The van der Waals surface area contributed by atoms with Crippen LogP contribution < -0.4 is 4.72 Å². The minimum absolute atomic E-state index is 0.0552. The Hall–Kier alpha value is -0.000000000000000111. The highest BCUT2D eigenvalue weighted by molar-refractivity contribution is 9.12. The van der Waals surface area contributed by atoms with Crippen LogP contribution in [0.2, 0.25) is 0 Å². The summed E-state index contributed by atoms with van der Waals surface area (Å²) in [5, 5.41) is 8.72. The van der Waals surface area contributed by atoms with E-state index in [-0.39, 0.29) is 11.4 Å². The zero-order valence-electron chi connectivity index (χ0n) is 9.01.